The number of anilines is 5. The van der Waals surface area contributed by atoms with Gasteiger partial charge < -0.3 is 29.6 Å². The number of hydrogen-bond donors (Lipinski definition) is 3. The maximum Gasteiger partial charge on any atom is 0.412 e. The van der Waals surface area contributed by atoms with E-state index in [0.29, 0.717) is 40.5 Å². The van der Waals surface area contributed by atoms with Crippen molar-refractivity contribution in [2.45, 2.75) is 26.4 Å². The zero-order chi connectivity index (χ0) is 24.7. The van der Waals surface area contributed by atoms with Crippen LogP contribution in [0, 0.1) is 0 Å². The highest BCUT2D eigenvalue weighted by atomic mass is 16.6. The van der Waals surface area contributed by atoms with Crippen molar-refractivity contribution >= 4 is 35.1 Å². The lowest BCUT2D eigenvalue weighted by atomic mass is 10.2. The lowest BCUT2D eigenvalue weighted by Crippen LogP contribution is -2.27. The summed E-state index contributed by atoms with van der Waals surface area (Å²) in [5.74, 6) is 2.12. The number of methoxy groups -OCH3 is 3. The van der Waals surface area contributed by atoms with E-state index < -0.39 is 11.7 Å². The topological polar surface area (TPSA) is 129 Å². The van der Waals surface area contributed by atoms with Gasteiger partial charge in [0.2, 0.25) is 17.6 Å². The van der Waals surface area contributed by atoms with Gasteiger partial charge in [-0.05, 0) is 45.0 Å². The van der Waals surface area contributed by atoms with Gasteiger partial charge in [-0.15, -0.1) is 0 Å². The van der Waals surface area contributed by atoms with Gasteiger partial charge in [-0.25, -0.2) is 14.8 Å². The van der Waals surface area contributed by atoms with Crippen LogP contribution in [0.2, 0.25) is 0 Å². The van der Waals surface area contributed by atoms with E-state index in [0.717, 1.165) is 5.69 Å². The van der Waals surface area contributed by atoms with Gasteiger partial charge in [0.1, 0.15) is 11.9 Å². The summed E-state index contributed by atoms with van der Waals surface area (Å²) in [5.41, 5.74) is 1.39. The molecule has 11 nitrogen and oxygen atoms in total. The summed E-state index contributed by atoms with van der Waals surface area (Å²) < 4.78 is 21.3. The first-order chi connectivity index (χ1) is 16.2. The number of ether oxygens (including phenoxy) is 4. The molecule has 0 radical (unpaired) electrons. The summed E-state index contributed by atoms with van der Waals surface area (Å²) >= 11 is 0. The van der Waals surface area contributed by atoms with Crippen LogP contribution in [0.15, 0.2) is 42.7 Å². The molecule has 0 saturated heterocycles. The molecule has 0 atom stereocenters. The second-order valence-electron chi connectivity index (χ2n) is 8.00. The van der Waals surface area contributed by atoms with Crippen LogP contribution in [0.25, 0.3) is 0 Å². The Morgan fingerprint density at radius 1 is 0.794 bits per heavy atom. The summed E-state index contributed by atoms with van der Waals surface area (Å²) in [4.78, 5) is 24.6. The molecule has 0 aliphatic rings. The number of rotatable bonds is 8. The molecule has 1 aromatic heterocycles. The maximum atomic E-state index is 11.9. The highest BCUT2D eigenvalue weighted by molar-refractivity contribution is 5.85. The van der Waals surface area contributed by atoms with Crippen LogP contribution in [0.1, 0.15) is 20.8 Å². The SMILES string of the molecule is COc1cc(Nc2ncnc(Nc3ccc(NC(=O)OC(C)(C)C)cc3)n2)cc(OC)c1OC. The second kappa shape index (κ2) is 10.6. The Balaban J connectivity index is 1.69. The van der Waals surface area contributed by atoms with Crippen LogP contribution < -0.4 is 30.2 Å². The molecule has 0 spiro atoms. The van der Waals surface area contributed by atoms with Crippen molar-refractivity contribution in [3.05, 3.63) is 42.7 Å². The minimum Gasteiger partial charge on any atom is -0.493 e. The number of benzene rings is 2. The van der Waals surface area contributed by atoms with Gasteiger partial charge in [-0.1, -0.05) is 0 Å². The fourth-order valence-corrected chi connectivity index (χ4v) is 2.89. The van der Waals surface area contributed by atoms with E-state index in [2.05, 4.69) is 30.9 Å². The zero-order valence-corrected chi connectivity index (χ0v) is 19.9. The molecule has 3 N–H and O–H groups in total. The zero-order valence-electron chi connectivity index (χ0n) is 19.9. The molecule has 0 fully saturated rings. The fraction of sp³-hybridized carbons (Fsp3) is 0.304. The summed E-state index contributed by atoms with van der Waals surface area (Å²) in [6.45, 7) is 5.41. The van der Waals surface area contributed by atoms with Gasteiger partial charge in [-0.3, -0.25) is 5.32 Å². The van der Waals surface area contributed by atoms with Gasteiger partial charge in [0, 0.05) is 29.2 Å². The highest BCUT2D eigenvalue weighted by Crippen LogP contribution is 2.40. The first kappa shape index (κ1) is 24.4. The normalized spacial score (nSPS) is 10.8. The number of amides is 1. The van der Waals surface area contributed by atoms with E-state index in [-0.39, 0.29) is 0 Å². The third kappa shape index (κ3) is 6.61. The first-order valence-corrected chi connectivity index (χ1v) is 10.3. The van der Waals surface area contributed by atoms with Crippen molar-refractivity contribution in [1.82, 2.24) is 15.0 Å². The predicted molar refractivity (Wildman–Crippen MR) is 129 cm³/mol. The Morgan fingerprint density at radius 3 is 1.82 bits per heavy atom. The average molecular weight is 469 g/mol. The largest absolute Gasteiger partial charge is 0.493 e. The fourth-order valence-electron chi connectivity index (χ4n) is 2.89. The van der Waals surface area contributed by atoms with Gasteiger partial charge in [0.25, 0.3) is 0 Å². The van der Waals surface area contributed by atoms with Crippen LogP contribution >= 0.6 is 0 Å². The van der Waals surface area contributed by atoms with E-state index in [1.807, 2.05) is 0 Å². The number of nitrogens with zero attached hydrogens (tertiary/aromatic N) is 3. The number of carbonyl (C=O) groups is 1. The lowest BCUT2D eigenvalue weighted by Gasteiger charge is -2.19. The van der Waals surface area contributed by atoms with Gasteiger partial charge in [0.15, 0.2) is 11.5 Å². The van der Waals surface area contributed by atoms with Crippen LogP contribution in [0.5, 0.6) is 17.2 Å². The standard InChI is InChI=1S/C23H28N6O5/c1-23(2,3)34-22(30)28-15-9-7-14(8-10-15)26-20-24-13-25-21(29-20)27-16-11-17(31-4)19(33-6)18(12-16)32-5/h7-13H,1-6H3,(H,28,30)(H2,24,25,26,27,29). The van der Waals surface area contributed by atoms with Gasteiger partial charge in [-0.2, -0.15) is 4.98 Å². The molecule has 0 bridgehead atoms. The molecule has 34 heavy (non-hydrogen) atoms. The number of nitrogens with one attached hydrogen (secondary N) is 3. The van der Waals surface area contributed by atoms with Crippen LogP contribution in [-0.2, 0) is 4.74 Å². The van der Waals surface area contributed by atoms with E-state index in [4.69, 9.17) is 18.9 Å². The predicted octanol–water partition coefficient (Wildman–Crippen LogP) is 4.73. The Morgan fingerprint density at radius 2 is 1.32 bits per heavy atom. The van der Waals surface area contributed by atoms with E-state index in [9.17, 15) is 4.79 Å². The third-order valence-corrected chi connectivity index (χ3v) is 4.28. The molecule has 0 aliphatic heterocycles. The van der Waals surface area contributed by atoms with Gasteiger partial charge in [0.05, 0.1) is 21.3 Å². The quantitative estimate of drug-likeness (QED) is 0.426. The monoisotopic (exact) mass is 468 g/mol. The molecule has 2 aromatic carbocycles. The summed E-state index contributed by atoms with van der Waals surface area (Å²) in [7, 11) is 4.62. The molecular weight excluding hydrogens is 440 g/mol. The van der Waals surface area contributed by atoms with Crippen LogP contribution in [-0.4, -0.2) is 48.0 Å². The lowest BCUT2D eigenvalue weighted by molar-refractivity contribution is 0.0636. The Kier molecular flexibility index (Phi) is 7.57. The molecule has 0 unspecified atom stereocenters. The smallest absolute Gasteiger partial charge is 0.412 e. The average Bonchev–Trinajstić information content (AvgIpc) is 2.78. The van der Waals surface area contributed by atoms with Crippen LogP contribution in [0.4, 0.5) is 33.8 Å². The minimum atomic E-state index is -0.571. The van der Waals surface area contributed by atoms with Crippen molar-refractivity contribution in [1.29, 1.82) is 0 Å². The molecule has 0 aliphatic carbocycles. The molecule has 180 valence electrons. The van der Waals surface area contributed by atoms with E-state index in [1.54, 1.807) is 71.4 Å². The maximum absolute atomic E-state index is 11.9. The molecule has 11 heteroatoms. The van der Waals surface area contributed by atoms with Crippen LogP contribution in [0.3, 0.4) is 0 Å². The van der Waals surface area contributed by atoms with E-state index in [1.165, 1.54) is 13.4 Å². The Hall–Kier alpha value is -4.28. The molecule has 3 aromatic rings. The summed E-state index contributed by atoms with van der Waals surface area (Å²) in [6.07, 6.45) is 0.863. The Bertz CT molecular complexity index is 1110. The number of hydrogen-bond acceptors (Lipinski definition) is 10. The van der Waals surface area contributed by atoms with Crippen molar-refractivity contribution in [3.63, 3.8) is 0 Å². The Labute approximate surface area is 197 Å². The highest BCUT2D eigenvalue weighted by Gasteiger charge is 2.16. The minimum absolute atomic E-state index is 0.315. The summed E-state index contributed by atoms with van der Waals surface area (Å²) in [6, 6.07) is 10.5. The van der Waals surface area contributed by atoms with Gasteiger partial charge >= 0.3 is 6.09 Å². The molecule has 1 heterocycles. The van der Waals surface area contributed by atoms with Crippen molar-refractivity contribution in [3.8, 4) is 17.2 Å². The molecule has 0 saturated carbocycles. The molecule has 3 rings (SSSR count). The van der Waals surface area contributed by atoms with Crippen molar-refractivity contribution in [2.75, 3.05) is 37.3 Å². The second-order valence-corrected chi connectivity index (χ2v) is 8.00. The third-order valence-electron chi connectivity index (χ3n) is 4.28. The first-order valence-electron chi connectivity index (χ1n) is 10.3. The van der Waals surface area contributed by atoms with Crippen molar-refractivity contribution < 1.29 is 23.7 Å². The van der Waals surface area contributed by atoms with E-state index >= 15 is 0 Å². The number of aromatic nitrogens is 3. The van der Waals surface area contributed by atoms with Crippen molar-refractivity contribution in [2.24, 2.45) is 0 Å². The number of carbonyl (C=O) groups excluding carboxylic acids is 1. The molecule has 1 amide bonds. The molecular formula is C23H28N6O5. The summed E-state index contributed by atoms with van der Waals surface area (Å²) in [5, 5.41) is 8.88.